The third-order valence-electron chi connectivity index (χ3n) is 3.60. The molecule has 132 valence electrons. The Morgan fingerprint density at radius 3 is 2.39 bits per heavy atom. The van der Waals surface area contributed by atoms with Gasteiger partial charge in [-0.2, -0.15) is 0 Å². The van der Waals surface area contributed by atoms with Crippen LogP contribution in [-0.4, -0.2) is 48.1 Å². The molecule has 1 heterocycles. The third-order valence-corrected chi connectivity index (χ3v) is 3.60. The van der Waals surface area contributed by atoms with Crippen LogP contribution in [0.1, 0.15) is 39.8 Å². The lowest BCUT2D eigenvalue weighted by Crippen LogP contribution is -2.41. The molecule has 5 nitrogen and oxygen atoms in total. The summed E-state index contributed by atoms with van der Waals surface area (Å²) >= 11 is 0. The molecule has 0 saturated heterocycles. The van der Waals surface area contributed by atoms with Gasteiger partial charge in [0, 0.05) is 38.4 Å². The highest BCUT2D eigenvalue weighted by Gasteiger charge is 2.12. The van der Waals surface area contributed by atoms with E-state index >= 15 is 0 Å². The summed E-state index contributed by atoms with van der Waals surface area (Å²) in [6.07, 6.45) is 2.90. The van der Waals surface area contributed by atoms with Gasteiger partial charge in [0.25, 0.3) is 0 Å². The first kappa shape index (κ1) is 22.1. The second kappa shape index (κ2) is 12.5. The highest BCUT2D eigenvalue weighted by atomic mass is 127. The lowest BCUT2D eigenvalue weighted by molar-refractivity contribution is 0.173. The lowest BCUT2D eigenvalue weighted by Gasteiger charge is -2.30. The number of hydrogen-bond donors (Lipinski definition) is 2. The van der Waals surface area contributed by atoms with Gasteiger partial charge >= 0.3 is 0 Å². The molecular formula is C17H32IN5. The Balaban J connectivity index is 0.00000484. The van der Waals surface area contributed by atoms with Gasteiger partial charge in [-0.05, 0) is 46.2 Å². The first-order chi connectivity index (χ1) is 10.5. The van der Waals surface area contributed by atoms with E-state index in [9.17, 15) is 0 Å². The largest absolute Gasteiger partial charge is 0.356 e. The molecule has 0 bridgehead atoms. The van der Waals surface area contributed by atoms with E-state index in [-0.39, 0.29) is 24.0 Å². The van der Waals surface area contributed by atoms with Crippen LogP contribution in [0.2, 0.25) is 0 Å². The summed E-state index contributed by atoms with van der Waals surface area (Å²) in [5.41, 5.74) is 1.01. The summed E-state index contributed by atoms with van der Waals surface area (Å²) in [5.74, 6) is 0.825. The van der Waals surface area contributed by atoms with E-state index < -0.39 is 0 Å². The number of aromatic nitrogens is 1. The monoisotopic (exact) mass is 433 g/mol. The number of hydrogen-bond acceptors (Lipinski definition) is 3. The van der Waals surface area contributed by atoms with Gasteiger partial charge < -0.3 is 10.6 Å². The van der Waals surface area contributed by atoms with E-state index in [1.165, 1.54) is 0 Å². The van der Waals surface area contributed by atoms with Crippen molar-refractivity contribution in [2.45, 2.75) is 52.7 Å². The molecule has 2 N–H and O–H groups in total. The van der Waals surface area contributed by atoms with E-state index in [0.717, 1.165) is 31.2 Å². The molecule has 0 aliphatic carbocycles. The van der Waals surface area contributed by atoms with Crippen LogP contribution < -0.4 is 10.6 Å². The van der Waals surface area contributed by atoms with E-state index in [1.807, 2.05) is 18.2 Å². The van der Waals surface area contributed by atoms with Crippen molar-refractivity contribution in [1.82, 2.24) is 20.5 Å². The van der Waals surface area contributed by atoms with Gasteiger partial charge in [0.05, 0.1) is 12.2 Å². The number of halogens is 1. The van der Waals surface area contributed by atoms with Crippen molar-refractivity contribution in [3.8, 4) is 0 Å². The molecule has 0 aromatic carbocycles. The molecule has 0 aliphatic heterocycles. The number of guanidine groups is 1. The van der Waals surface area contributed by atoms with Crippen molar-refractivity contribution < 1.29 is 0 Å². The summed E-state index contributed by atoms with van der Waals surface area (Å²) in [6.45, 7) is 11.7. The van der Waals surface area contributed by atoms with Crippen LogP contribution in [0.15, 0.2) is 29.4 Å². The zero-order valence-electron chi connectivity index (χ0n) is 15.0. The Bertz CT molecular complexity index is 426. The van der Waals surface area contributed by atoms with Crippen molar-refractivity contribution in [2.75, 3.05) is 20.1 Å². The summed E-state index contributed by atoms with van der Waals surface area (Å²) in [4.78, 5) is 11.0. The van der Waals surface area contributed by atoms with E-state index in [2.05, 4.69) is 53.2 Å². The SMILES string of the molecule is CN=C(NCCCN(C(C)C)C(C)C)NCc1ccccn1.I. The predicted molar refractivity (Wildman–Crippen MR) is 109 cm³/mol. The Kier molecular flexibility index (Phi) is 12.0. The molecular weight excluding hydrogens is 401 g/mol. The molecule has 0 spiro atoms. The molecule has 0 atom stereocenters. The highest BCUT2D eigenvalue weighted by Crippen LogP contribution is 2.05. The van der Waals surface area contributed by atoms with Crippen molar-refractivity contribution >= 4 is 29.9 Å². The minimum Gasteiger partial charge on any atom is -0.356 e. The zero-order valence-corrected chi connectivity index (χ0v) is 17.4. The first-order valence-corrected chi connectivity index (χ1v) is 8.14. The number of nitrogens with zero attached hydrogens (tertiary/aromatic N) is 3. The molecule has 0 unspecified atom stereocenters. The average Bonchev–Trinajstić information content (AvgIpc) is 2.50. The molecule has 0 fully saturated rings. The Morgan fingerprint density at radius 1 is 1.17 bits per heavy atom. The van der Waals surface area contributed by atoms with Crippen molar-refractivity contribution in [1.29, 1.82) is 0 Å². The average molecular weight is 433 g/mol. The standard InChI is InChI=1S/C17H31N5.HI/c1-14(2)22(15(3)4)12-8-11-20-17(18-5)21-13-16-9-6-7-10-19-16;/h6-7,9-10,14-15H,8,11-13H2,1-5H3,(H2,18,20,21);1H. The number of aliphatic imine (C=N–C) groups is 1. The van der Waals surface area contributed by atoms with Gasteiger partial charge in [0.15, 0.2) is 5.96 Å². The van der Waals surface area contributed by atoms with Crippen LogP contribution >= 0.6 is 24.0 Å². The molecule has 0 saturated carbocycles. The van der Waals surface area contributed by atoms with Crippen molar-refractivity contribution in [3.63, 3.8) is 0 Å². The van der Waals surface area contributed by atoms with Crippen LogP contribution in [-0.2, 0) is 6.54 Å². The minimum atomic E-state index is 0. The molecule has 6 heteroatoms. The van der Waals surface area contributed by atoms with Gasteiger partial charge in [-0.3, -0.25) is 14.9 Å². The molecule has 0 radical (unpaired) electrons. The molecule has 23 heavy (non-hydrogen) atoms. The maximum Gasteiger partial charge on any atom is 0.191 e. The Morgan fingerprint density at radius 2 is 1.87 bits per heavy atom. The quantitative estimate of drug-likeness (QED) is 0.287. The molecule has 1 aromatic heterocycles. The second-order valence-electron chi connectivity index (χ2n) is 5.95. The van der Waals surface area contributed by atoms with Crippen LogP contribution in [0.3, 0.4) is 0 Å². The van der Waals surface area contributed by atoms with Crippen LogP contribution in [0.25, 0.3) is 0 Å². The topological polar surface area (TPSA) is 52.6 Å². The first-order valence-electron chi connectivity index (χ1n) is 8.14. The van der Waals surface area contributed by atoms with Gasteiger partial charge in [-0.25, -0.2) is 0 Å². The number of nitrogens with one attached hydrogen (secondary N) is 2. The van der Waals surface area contributed by atoms with Gasteiger partial charge in [0.1, 0.15) is 0 Å². The Hall–Kier alpha value is -0.890. The fraction of sp³-hybridized carbons (Fsp3) is 0.647. The maximum absolute atomic E-state index is 4.29. The number of pyridine rings is 1. The lowest BCUT2D eigenvalue weighted by atomic mass is 10.2. The van der Waals surface area contributed by atoms with Crippen LogP contribution in [0.5, 0.6) is 0 Å². The van der Waals surface area contributed by atoms with Crippen molar-refractivity contribution in [3.05, 3.63) is 30.1 Å². The zero-order chi connectivity index (χ0) is 16.4. The predicted octanol–water partition coefficient (Wildman–Crippen LogP) is 2.87. The highest BCUT2D eigenvalue weighted by molar-refractivity contribution is 14.0. The third kappa shape index (κ3) is 9.10. The minimum absolute atomic E-state index is 0. The summed E-state index contributed by atoms with van der Waals surface area (Å²) in [7, 11) is 1.79. The number of rotatable bonds is 8. The summed E-state index contributed by atoms with van der Waals surface area (Å²) < 4.78 is 0. The smallest absolute Gasteiger partial charge is 0.191 e. The van der Waals surface area contributed by atoms with Gasteiger partial charge in [-0.1, -0.05) is 6.07 Å². The van der Waals surface area contributed by atoms with Crippen LogP contribution in [0.4, 0.5) is 0 Å². The van der Waals surface area contributed by atoms with E-state index in [0.29, 0.717) is 18.6 Å². The molecule has 1 aromatic rings. The van der Waals surface area contributed by atoms with Gasteiger partial charge in [-0.15, -0.1) is 24.0 Å². The normalized spacial score (nSPS) is 11.7. The summed E-state index contributed by atoms with van der Waals surface area (Å²) in [5, 5.41) is 6.64. The molecule has 0 aliphatic rings. The van der Waals surface area contributed by atoms with Gasteiger partial charge in [0.2, 0.25) is 0 Å². The molecule has 1 rings (SSSR count). The maximum atomic E-state index is 4.29. The second-order valence-corrected chi connectivity index (χ2v) is 5.95. The van der Waals surface area contributed by atoms with E-state index in [4.69, 9.17) is 0 Å². The summed E-state index contributed by atoms with van der Waals surface area (Å²) in [6, 6.07) is 7.09. The fourth-order valence-electron chi connectivity index (χ4n) is 2.48. The molecule has 0 amide bonds. The fourth-order valence-corrected chi connectivity index (χ4v) is 2.48. The van der Waals surface area contributed by atoms with Crippen LogP contribution in [0, 0.1) is 0 Å². The Labute approximate surface area is 158 Å². The van der Waals surface area contributed by atoms with Crippen molar-refractivity contribution in [2.24, 2.45) is 4.99 Å². The van der Waals surface area contributed by atoms with E-state index in [1.54, 1.807) is 13.2 Å².